The van der Waals surface area contributed by atoms with Crippen LogP contribution in [0, 0.1) is 5.92 Å². The van der Waals surface area contributed by atoms with Gasteiger partial charge in [0.2, 0.25) is 10.0 Å². The maximum atomic E-state index is 12.3. The molecule has 8 heteroatoms. The van der Waals surface area contributed by atoms with Gasteiger partial charge in [0.25, 0.3) is 5.91 Å². The highest BCUT2D eigenvalue weighted by atomic mass is 32.2. The van der Waals surface area contributed by atoms with Gasteiger partial charge in [-0.05, 0) is 54.9 Å². The molecule has 0 bridgehead atoms. The summed E-state index contributed by atoms with van der Waals surface area (Å²) in [5.74, 6) is -0.922. The number of benzene rings is 1. The van der Waals surface area contributed by atoms with Gasteiger partial charge in [0.15, 0.2) is 6.61 Å². The first-order valence-corrected chi connectivity index (χ1v) is 10.3. The van der Waals surface area contributed by atoms with Gasteiger partial charge in [-0.1, -0.05) is 19.9 Å². The van der Waals surface area contributed by atoms with Gasteiger partial charge in [0.05, 0.1) is 4.90 Å². The van der Waals surface area contributed by atoms with Crippen molar-refractivity contribution in [3.8, 4) is 0 Å². The molecule has 1 aliphatic carbocycles. The summed E-state index contributed by atoms with van der Waals surface area (Å²) in [6.45, 7) is 3.44. The predicted octanol–water partition coefficient (Wildman–Crippen LogP) is 1.16. The third kappa shape index (κ3) is 6.10. The summed E-state index contributed by atoms with van der Waals surface area (Å²) in [6, 6.07) is 5.05. The molecule has 1 aromatic rings. The largest absolute Gasteiger partial charge is 0.455 e. The van der Waals surface area contributed by atoms with Crippen molar-refractivity contribution in [1.29, 1.82) is 0 Å². The molecule has 0 saturated heterocycles. The Labute approximate surface area is 154 Å². The Morgan fingerprint density at radius 1 is 1.15 bits per heavy atom. The Morgan fingerprint density at radius 3 is 2.54 bits per heavy atom. The SMILES string of the molecule is CC(C)CNC(=O)COC(=O)CNS(=O)(=O)c1ccc2c(c1)CCCC2. The Bertz CT molecular complexity index is 759. The number of hydrogen-bond donors (Lipinski definition) is 2. The molecule has 0 spiro atoms. The Balaban J connectivity index is 1.84. The van der Waals surface area contributed by atoms with Crippen LogP contribution in [-0.2, 0) is 37.2 Å². The van der Waals surface area contributed by atoms with Crippen molar-refractivity contribution in [3.05, 3.63) is 29.3 Å². The van der Waals surface area contributed by atoms with Gasteiger partial charge >= 0.3 is 5.97 Å². The van der Waals surface area contributed by atoms with E-state index >= 15 is 0 Å². The maximum Gasteiger partial charge on any atom is 0.321 e. The first kappa shape index (κ1) is 20.4. The molecule has 0 radical (unpaired) electrons. The highest BCUT2D eigenvalue weighted by molar-refractivity contribution is 7.89. The number of fused-ring (bicyclic) bond motifs is 1. The summed E-state index contributed by atoms with van der Waals surface area (Å²) in [6.07, 6.45) is 4.00. The normalized spacial score (nSPS) is 14.0. The number of hydrogen-bond acceptors (Lipinski definition) is 5. The zero-order chi connectivity index (χ0) is 19.2. The van der Waals surface area contributed by atoms with Crippen LogP contribution in [0.3, 0.4) is 0 Å². The van der Waals surface area contributed by atoms with E-state index in [4.69, 9.17) is 4.74 Å². The number of aryl methyl sites for hydroxylation is 2. The van der Waals surface area contributed by atoms with E-state index in [1.807, 2.05) is 19.9 Å². The van der Waals surface area contributed by atoms with Crippen LogP contribution < -0.4 is 10.0 Å². The summed E-state index contributed by atoms with van der Waals surface area (Å²) in [7, 11) is -3.80. The first-order chi connectivity index (χ1) is 12.3. The number of carbonyl (C=O) groups is 2. The Hall–Kier alpha value is -1.93. The van der Waals surface area contributed by atoms with Crippen molar-refractivity contribution in [2.24, 2.45) is 5.92 Å². The highest BCUT2D eigenvalue weighted by Gasteiger charge is 2.19. The minimum absolute atomic E-state index is 0.139. The van der Waals surface area contributed by atoms with Gasteiger partial charge in [-0.25, -0.2) is 8.42 Å². The predicted molar refractivity (Wildman–Crippen MR) is 97.1 cm³/mol. The van der Waals surface area contributed by atoms with Crippen molar-refractivity contribution in [1.82, 2.24) is 10.0 Å². The van der Waals surface area contributed by atoms with E-state index < -0.39 is 35.1 Å². The molecule has 1 aromatic carbocycles. The number of carbonyl (C=O) groups excluding carboxylic acids is 2. The van der Waals surface area contributed by atoms with Gasteiger partial charge in [0.1, 0.15) is 6.54 Å². The molecule has 0 heterocycles. The van der Waals surface area contributed by atoms with Gasteiger partial charge < -0.3 is 10.1 Å². The monoisotopic (exact) mass is 382 g/mol. The number of sulfonamides is 1. The van der Waals surface area contributed by atoms with E-state index in [0.717, 1.165) is 31.2 Å². The number of amides is 1. The average Bonchev–Trinajstić information content (AvgIpc) is 2.62. The molecule has 144 valence electrons. The summed E-state index contributed by atoms with van der Waals surface area (Å²) in [5, 5.41) is 2.61. The second-order valence-corrected chi connectivity index (χ2v) is 8.59. The van der Waals surface area contributed by atoms with E-state index in [0.29, 0.717) is 6.54 Å². The number of rotatable bonds is 8. The number of esters is 1. The zero-order valence-corrected chi connectivity index (χ0v) is 16.0. The fourth-order valence-electron chi connectivity index (χ4n) is 2.68. The summed E-state index contributed by atoms with van der Waals surface area (Å²) in [4.78, 5) is 23.3. The molecule has 0 aliphatic heterocycles. The Kier molecular flexibility index (Phi) is 7.16. The van der Waals surface area contributed by atoms with Crippen LogP contribution in [0.25, 0.3) is 0 Å². The molecule has 0 saturated carbocycles. The molecule has 0 aromatic heterocycles. The molecule has 7 nitrogen and oxygen atoms in total. The van der Waals surface area contributed by atoms with Crippen molar-refractivity contribution in [2.45, 2.75) is 44.4 Å². The zero-order valence-electron chi connectivity index (χ0n) is 15.2. The van der Waals surface area contributed by atoms with E-state index in [1.54, 1.807) is 12.1 Å². The van der Waals surface area contributed by atoms with E-state index in [9.17, 15) is 18.0 Å². The molecular weight excluding hydrogens is 356 g/mol. The molecule has 0 unspecified atom stereocenters. The molecular formula is C18H26N2O5S. The van der Waals surface area contributed by atoms with Crippen molar-refractivity contribution >= 4 is 21.9 Å². The Morgan fingerprint density at radius 2 is 1.85 bits per heavy atom. The lowest BCUT2D eigenvalue weighted by molar-refractivity contribution is -0.147. The van der Waals surface area contributed by atoms with E-state index in [2.05, 4.69) is 10.0 Å². The third-order valence-corrected chi connectivity index (χ3v) is 5.51. The van der Waals surface area contributed by atoms with E-state index in [1.165, 1.54) is 5.56 Å². The molecule has 2 N–H and O–H groups in total. The molecule has 0 fully saturated rings. The smallest absolute Gasteiger partial charge is 0.321 e. The minimum atomic E-state index is -3.80. The summed E-state index contributed by atoms with van der Waals surface area (Å²) < 4.78 is 31.7. The molecule has 1 amide bonds. The van der Waals surface area contributed by atoms with Gasteiger partial charge in [-0.15, -0.1) is 0 Å². The lowest BCUT2D eigenvalue weighted by Crippen LogP contribution is -2.35. The molecule has 26 heavy (non-hydrogen) atoms. The molecule has 1 aliphatic rings. The second-order valence-electron chi connectivity index (χ2n) is 6.82. The topological polar surface area (TPSA) is 102 Å². The average molecular weight is 382 g/mol. The van der Waals surface area contributed by atoms with Crippen LogP contribution in [0.5, 0.6) is 0 Å². The fourth-order valence-corrected chi connectivity index (χ4v) is 3.70. The molecule has 0 atom stereocenters. The van der Waals surface area contributed by atoms with Gasteiger partial charge in [0, 0.05) is 6.54 Å². The van der Waals surface area contributed by atoms with E-state index in [-0.39, 0.29) is 10.8 Å². The molecule has 2 rings (SSSR count). The quantitative estimate of drug-likeness (QED) is 0.657. The van der Waals surface area contributed by atoms with Crippen molar-refractivity contribution in [2.75, 3.05) is 19.7 Å². The second kappa shape index (κ2) is 9.14. The van der Waals surface area contributed by atoms with Gasteiger partial charge in [-0.3, -0.25) is 9.59 Å². The van der Waals surface area contributed by atoms with Crippen LogP contribution in [0.15, 0.2) is 23.1 Å². The van der Waals surface area contributed by atoms with Crippen LogP contribution in [0.4, 0.5) is 0 Å². The van der Waals surface area contributed by atoms with Crippen molar-refractivity contribution < 1.29 is 22.7 Å². The van der Waals surface area contributed by atoms with Crippen molar-refractivity contribution in [3.63, 3.8) is 0 Å². The minimum Gasteiger partial charge on any atom is -0.455 e. The lowest BCUT2D eigenvalue weighted by atomic mass is 9.92. The standard InChI is InChI=1S/C18H26N2O5S/c1-13(2)10-19-17(21)12-25-18(22)11-20-26(23,24)16-8-7-14-5-3-4-6-15(14)9-16/h7-9,13,20H,3-6,10-12H2,1-2H3,(H,19,21). The summed E-state index contributed by atoms with van der Waals surface area (Å²) in [5.41, 5.74) is 2.23. The fraction of sp³-hybridized carbons (Fsp3) is 0.556. The number of nitrogens with one attached hydrogen (secondary N) is 2. The number of ether oxygens (including phenoxy) is 1. The maximum absolute atomic E-state index is 12.3. The van der Waals surface area contributed by atoms with Crippen LogP contribution in [-0.4, -0.2) is 40.0 Å². The highest BCUT2D eigenvalue weighted by Crippen LogP contribution is 2.23. The lowest BCUT2D eigenvalue weighted by Gasteiger charge is -2.16. The van der Waals surface area contributed by atoms with Gasteiger partial charge in [-0.2, -0.15) is 4.72 Å². The van der Waals surface area contributed by atoms with Crippen LogP contribution in [0.1, 0.15) is 37.8 Å². The third-order valence-electron chi connectivity index (χ3n) is 4.11. The summed E-state index contributed by atoms with van der Waals surface area (Å²) >= 11 is 0. The van der Waals surface area contributed by atoms with Crippen LogP contribution in [0.2, 0.25) is 0 Å². The first-order valence-electron chi connectivity index (χ1n) is 8.81. The van der Waals surface area contributed by atoms with Crippen LogP contribution >= 0.6 is 0 Å².